The van der Waals surface area contributed by atoms with Gasteiger partial charge >= 0.3 is 0 Å². The SMILES string of the molecule is CCCNC(=O)CNc1ccc(F)cc1S(=O)(=O)c1ccc2c(c1)OCCO2. The van der Waals surface area contributed by atoms with Crippen molar-refractivity contribution in [3.8, 4) is 11.5 Å². The Balaban J connectivity index is 1.91. The molecule has 1 aliphatic rings. The number of fused-ring (bicyclic) bond motifs is 1. The van der Waals surface area contributed by atoms with Crippen molar-refractivity contribution in [2.45, 2.75) is 23.1 Å². The number of ether oxygens (including phenoxy) is 2. The van der Waals surface area contributed by atoms with E-state index in [0.29, 0.717) is 31.3 Å². The first-order valence-electron chi connectivity index (χ1n) is 8.86. The average molecular weight is 408 g/mol. The fraction of sp³-hybridized carbons (Fsp3) is 0.316. The minimum atomic E-state index is -4.06. The summed E-state index contributed by atoms with van der Waals surface area (Å²) in [5, 5.41) is 5.46. The average Bonchev–Trinajstić information content (AvgIpc) is 2.70. The van der Waals surface area contributed by atoms with Crippen LogP contribution in [0.15, 0.2) is 46.2 Å². The summed E-state index contributed by atoms with van der Waals surface area (Å²) in [5.74, 6) is -0.210. The standard InChI is InChI=1S/C19H21FN2O5S/c1-2-7-21-19(23)12-22-15-5-3-13(20)10-18(15)28(24,25)14-4-6-16-17(11-14)27-9-8-26-16/h3-6,10-11,22H,2,7-9,12H2,1H3,(H,21,23). The molecule has 2 N–H and O–H groups in total. The molecule has 3 rings (SSSR count). The highest BCUT2D eigenvalue weighted by Gasteiger charge is 2.25. The summed E-state index contributed by atoms with van der Waals surface area (Å²) >= 11 is 0. The number of sulfone groups is 1. The van der Waals surface area contributed by atoms with Crippen LogP contribution < -0.4 is 20.1 Å². The van der Waals surface area contributed by atoms with Crippen molar-refractivity contribution in [2.75, 3.05) is 31.6 Å². The number of hydrogen-bond donors (Lipinski definition) is 2. The number of carbonyl (C=O) groups excluding carboxylic acids is 1. The van der Waals surface area contributed by atoms with Crippen LogP contribution in [0.25, 0.3) is 0 Å². The van der Waals surface area contributed by atoms with Crippen molar-refractivity contribution in [1.29, 1.82) is 0 Å². The third-order valence-electron chi connectivity index (χ3n) is 4.07. The van der Waals surface area contributed by atoms with E-state index >= 15 is 0 Å². The molecule has 7 nitrogen and oxygen atoms in total. The summed E-state index contributed by atoms with van der Waals surface area (Å²) in [6.45, 7) is 3.01. The van der Waals surface area contributed by atoms with Gasteiger partial charge in [0.2, 0.25) is 15.7 Å². The monoisotopic (exact) mass is 408 g/mol. The lowest BCUT2D eigenvalue weighted by Gasteiger charge is -2.19. The molecule has 0 spiro atoms. The fourth-order valence-electron chi connectivity index (χ4n) is 2.68. The maximum atomic E-state index is 13.8. The number of amides is 1. The predicted molar refractivity (Wildman–Crippen MR) is 101 cm³/mol. The van der Waals surface area contributed by atoms with Gasteiger partial charge in [-0.3, -0.25) is 4.79 Å². The quantitative estimate of drug-likeness (QED) is 0.731. The highest BCUT2D eigenvalue weighted by Crippen LogP contribution is 2.35. The third-order valence-corrected chi connectivity index (χ3v) is 5.86. The van der Waals surface area contributed by atoms with Crippen molar-refractivity contribution in [2.24, 2.45) is 0 Å². The van der Waals surface area contributed by atoms with Gasteiger partial charge in [-0.2, -0.15) is 0 Å². The molecule has 1 amide bonds. The Labute approximate surface area is 162 Å². The van der Waals surface area contributed by atoms with Crippen LogP contribution in [0, 0.1) is 5.82 Å². The summed E-state index contributed by atoms with van der Waals surface area (Å²) in [5.41, 5.74) is 0.142. The van der Waals surface area contributed by atoms with Crippen molar-refractivity contribution in [3.63, 3.8) is 0 Å². The Morgan fingerprint density at radius 1 is 1.11 bits per heavy atom. The number of hydrogen-bond acceptors (Lipinski definition) is 6. The highest BCUT2D eigenvalue weighted by molar-refractivity contribution is 7.91. The molecule has 0 atom stereocenters. The number of halogens is 1. The molecule has 2 aromatic carbocycles. The van der Waals surface area contributed by atoms with Gasteiger partial charge < -0.3 is 20.1 Å². The number of rotatable bonds is 7. The molecule has 0 saturated heterocycles. The Bertz CT molecular complexity index is 978. The maximum Gasteiger partial charge on any atom is 0.239 e. The Morgan fingerprint density at radius 3 is 2.61 bits per heavy atom. The molecule has 28 heavy (non-hydrogen) atoms. The normalized spacial score (nSPS) is 13.1. The topological polar surface area (TPSA) is 93.7 Å². The zero-order chi connectivity index (χ0) is 20.1. The van der Waals surface area contributed by atoms with E-state index in [1.807, 2.05) is 6.92 Å². The van der Waals surface area contributed by atoms with Gasteiger partial charge in [0.25, 0.3) is 0 Å². The smallest absolute Gasteiger partial charge is 0.239 e. The van der Waals surface area contributed by atoms with Crippen molar-refractivity contribution in [1.82, 2.24) is 5.32 Å². The number of carbonyl (C=O) groups is 1. The van der Waals surface area contributed by atoms with Crippen LogP contribution in [0.3, 0.4) is 0 Å². The first-order valence-corrected chi connectivity index (χ1v) is 10.3. The molecular weight excluding hydrogens is 387 g/mol. The molecule has 9 heteroatoms. The summed E-state index contributed by atoms with van der Waals surface area (Å²) in [4.78, 5) is 11.5. The maximum absolute atomic E-state index is 13.8. The second-order valence-corrected chi connectivity index (χ2v) is 8.07. The first-order chi connectivity index (χ1) is 13.4. The first kappa shape index (κ1) is 19.9. The lowest BCUT2D eigenvalue weighted by Crippen LogP contribution is -2.30. The Morgan fingerprint density at radius 2 is 1.86 bits per heavy atom. The Kier molecular flexibility index (Phi) is 6.03. The van der Waals surface area contributed by atoms with Gasteiger partial charge in [0.1, 0.15) is 19.0 Å². The summed E-state index contributed by atoms with van der Waals surface area (Å²) in [7, 11) is -4.06. The van der Waals surface area contributed by atoms with E-state index in [1.165, 1.54) is 24.3 Å². The molecule has 1 aliphatic heterocycles. The molecule has 0 aliphatic carbocycles. The molecular formula is C19H21FN2O5S. The van der Waals surface area contributed by atoms with E-state index in [9.17, 15) is 17.6 Å². The van der Waals surface area contributed by atoms with E-state index in [2.05, 4.69) is 10.6 Å². The van der Waals surface area contributed by atoms with Crippen molar-refractivity contribution < 1.29 is 27.1 Å². The molecule has 2 aromatic rings. The zero-order valence-corrected chi connectivity index (χ0v) is 16.1. The number of anilines is 1. The van der Waals surface area contributed by atoms with Gasteiger partial charge in [0, 0.05) is 12.6 Å². The summed E-state index contributed by atoms with van der Waals surface area (Å²) < 4.78 is 50.9. The van der Waals surface area contributed by atoms with E-state index in [0.717, 1.165) is 18.6 Å². The molecule has 150 valence electrons. The largest absolute Gasteiger partial charge is 0.486 e. The van der Waals surface area contributed by atoms with Crippen LogP contribution in [0.2, 0.25) is 0 Å². The van der Waals surface area contributed by atoms with E-state index in [-0.39, 0.29) is 27.9 Å². The van der Waals surface area contributed by atoms with E-state index in [1.54, 1.807) is 0 Å². The van der Waals surface area contributed by atoms with Crippen molar-refractivity contribution >= 4 is 21.4 Å². The summed E-state index contributed by atoms with van der Waals surface area (Å²) in [6.07, 6.45) is 0.784. The van der Waals surface area contributed by atoms with Crippen LogP contribution in [-0.4, -0.2) is 40.6 Å². The third kappa shape index (κ3) is 4.36. The summed E-state index contributed by atoms with van der Waals surface area (Å²) in [6, 6.07) is 7.60. The molecule has 0 unspecified atom stereocenters. The Hall–Kier alpha value is -2.81. The lowest BCUT2D eigenvalue weighted by atomic mass is 10.3. The van der Waals surface area contributed by atoms with Gasteiger partial charge in [-0.05, 0) is 36.8 Å². The van der Waals surface area contributed by atoms with E-state index < -0.39 is 15.7 Å². The van der Waals surface area contributed by atoms with Gasteiger partial charge in [-0.15, -0.1) is 0 Å². The molecule has 0 radical (unpaired) electrons. The van der Waals surface area contributed by atoms with E-state index in [4.69, 9.17) is 9.47 Å². The highest BCUT2D eigenvalue weighted by atomic mass is 32.2. The predicted octanol–water partition coefficient (Wildman–Crippen LogP) is 2.37. The minimum absolute atomic E-state index is 0.0548. The van der Waals surface area contributed by atoms with Gasteiger partial charge in [0.05, 0.1) is 22.0 Å². The zero-order valence-electron chi connectivity index (χ0n) is 15.3. The van der Waals surface area contributed by atoms with Crippen LogP contribution in [0.4, 0.5) is 10.1 Å². The fourth-order valence-corrected chi connectivity index (χ4v) is 4.15. The molecule has 0 fully saturated rings. The number of benzene rings is 2. The second kappa shape index (κ2) is 8.47. The van der Waals surface area contributed by atoms with Gasteiger partial charge in [0.15, 0.2) is 11.5 Å². The number of nitrogens with one attached hydrogen (secondary N) is 2. The molecule has 0 aromatic heterocycles. The second-order valence-electron chi connectivity index (χ2n) is 6.15. The van der Waals surface area contributed by atoms with Gasteiger partial charge in [-0.25, -0.2) is 12.8 Å². The molecule has 1 heterocycles. The van der Waals surface area contributed by atoms with Crippen LogP contribution in [0.5, 0.6) is 11.5 Å². The van der Waals surface area contributed by atoms with Crippen LogP contribution >= 0.6 is 0 Å². The molecule has 0 saturated carbocycles. The molecule has 0 bridgehead atoms. The minimum Gasteiger partial charge on any atom is -0.486 e. The van der Waals surface area contributed by atoms with Crippen LogP contribution in [-0.2, 0) is 14.6 Å². The van der Waals surface area contributed by atoms with Gasteiger partial charge in [-0.1, -0.05) is 6.92 Å². The van der Waals surface area contributed by atoms with Crippen molar-refractivity contribution in [3.05, 3.63) is 42.2 Å². The van der Waals surface area contributed by atoms with Crippen LogP contribution in [0.1, 0.15) is 13.3 Å². The lowest BCUT2D eigenvalue weighted by molar-refractivity contribution is -0.119.